The smallest absolute Gasteiger partial charge is 2.00 e. The van der Waals surface area contributed by atoms with Crippen LogP contribution in [0.25, 0.3) is 0 Å². The average molecular weight is 1640 g/mol. The molecule has 0 radical (unpaired) electrons. The van der Waals surface area contributed by atoms with Gasteiger partial charge in [0.15, 0.2) is 0 Å². The van der Waals surface area contributed by atoms with E-state index < -0.39 is 60.5 Å². The molecule has 3 aliphatic heterocycles. The maximum absolute atomic E-state index is 13.0. The predicted octanol–water partition coefficient (Wildman–Crippen LogP) is 15.2. The van der Waals surface area contributed by atoms with Gasteiger partial charge < -0.3 is 72.6 Å². The minimum Gasteiger partial charge on any atom is 2.00 e. The molecule has 3 fully saturated rings. The van der Waals surface area contributed by atoms with Gasteiger partial charge in [0.05, 0.1) is 30.1 Å². The largest absolute Gasteiger partial charge is 2.00 e. The number of hydrogen-bond acceptors (Lipinski definition) is 13. The van der Waals surface area contributed by atoms with Crippen LogP contribution in [0.4, 0.5) is 40.7 Å². The molecule has 0 unspecified atom stereocenters. The number of ether oxygens (including phenoxy) is 6. The fourth-order valence-corrected chi connectivity index (χ4v) is 11.3. The molecule has 534 valence electrons. The number of amides is 3. The number of Topliss-reactive ketones (excluding diaryl/α,β-unsaturated/α-hetero) is 1. The van der Waals surface area contributed by atoms with Crippen molar-refractivity contribution in [3.63, 3.8) is 0 Å². The normalized spacial score (nSPS) is 18.8. The van der Waals surface area contributed by atoms with E-state index in [0.717, 1.165) is 33.4 Å². The summed E-state index contributed by atoms with van der Waals surface area (Å²) in [6, 6.07) is 46.2. The molecule has 0 saturated carbocycles. The van der Waals surface area contributed by atoms with Gasteiger partial charge in [0.1, 0.15) is 39.8 Å². The van der Waals surface area contributed by atoms with Crippen LogP contribution >= 0.6 is 29.2 Å². The number of carbonyl (C=O) groups is 4. The molecule has 9 rings (SSSR count). The second kappa shape index (κ2) is 43.8. The standard InChI is InChI=1S/C23H27F2NO4.C22H23F2NO4.C22H23F2NO3.CH3.BrH.3ClH.Cu.Mg.O2.Pd/c1-16(17-9-11-19(12-10-17)29-20(24)25)26-14-13-23(30-21(26)27,15-22(2,3)28)18-7-5-4-6-8-18;1-15(26)14-22(18-6-4-3-5-7-18)12-13-25(21(27)29-22)16(2)17-8-10-19(11-9-17)28-20(23)24;1-3-13-22(18-7-5-4-6-8-18)14-15-25(21(26)28-22)16(2)17-9-11-19(12-10-17)27-20(23)24;;;;;;;;1-2;/h4-12,16,20,28H,13-15H2,1-3H3;3-11,16,20H,12-14H2,1-2H3;3-12,16,20H,1,13-15H2,2H3;1H3;4*1H;;;;/q;;;-1;;;;;+1;+2;;+2/p-4/t16-,23-;16-,22-;16-,22+;;;;;;;;;/m000........./s1. The molecular weight excluding hydrogens is 1560 g/mol. The molecule has 6 aromatic carbocycles. The topological polar surface area (TPSA) is 188 Å². The second-order valence-electron chi connectivity index (χ2n) is 22.3. The molecule has 6 atom stereocenters. The van der Waals surface area contributed by atoms with Crippen molar-refractivity contribution >= 4 is 76.3 Å². The zero-order valence-electron chi connectivity index (χ0n) is 54.0. The SMILES string of the molecule is C=CC[C@]1(c2ccccc2)CCN([C@@H](C)c2ccc(OC(F)F)cc2)C(=O)O1.CC(=O)C[C@]1(c2ccccc2)CCN([C@@H](C)c2ccc(OC(F)F)cc2)C(=O)O1.C[C@@H](c1ccc(OC(F)F)cc1)N1CC[C@](CC(C)(C)O)(c2ccccc2)OC1=O.O=O.[Br-].[CH3-].[Cl][Cu].[Cl][Pd][Cl].[Mg+2]. The number of benzene rings is 6. The van der Waals surface area contributed by atoms with E-state index in [-0.39, 0.29) is 117 Å². The zero-order chi connectivity index (χ0) is 69.8. The molecule has 3 saturated heterocycles. The third kappa shape index (κ3) is 26.8. The Labute approximate surface area is 617 Å². The summed E-state index contributed by atoms with van der Waals surface area (Å²) in [6.07, 6.45) is 2.91. The average Bonchev–Trinajstić information content (AvgIpc) is 0.790. The maximum atomic E-state index is 13.0. The summed E-state index contributed by atoms with van der Waals surface area (Å²) in [7, 11) is 13.8. The van der Waals surface area contributed by atoms with Crippen molar-refractivity contribution in [2.45, 2.75) is 140 Å². The Morgan fingerprint density at radius 1 is 0.567 bits per heavy atom. The first-order chi connectivity index (χ1) is 44.8. The van der Waals surface area contributed by atoms with Gasteiger partial charge in [-0.05, 0) is 111 Å². The molecule has 0 aliphatic carbocycles. The van der Waals surface area contributed by atoms with Gasteiger partial charge in [0.25, 0.3) is 0 Å². The van der Waals surface area contributed by atoms with Crippen molar-refractivity contribution < 1.29 is 127 Å². The van der Waals surface area contributed by atoms with Crippen LogP contribution in [0.15, 0.2) is 176 Å². The zero-order valence-corrected chi connectivity index (χ0v) is 61.8. The van der Waals surface area contributed by atoms with Crippen LogP contribution in [0.2, 0.25) is 0 Å². The van der Waals surface area contributed by atoms with Crippen molar-refractivity contribution in [1.82, 2.24) is 14.7 Å². The van der Waals surface area contributed by atoms with Crippen LogP contribution in [0.3, 0.4) is 0 Å². The molecule has 1 N–H and O–H groups in total. The molecule has 29 heteroatoms. The minimum atomic E-state index is -2.89. The fourth-order valence-electron chi connectivity index (χ4n) is 11.3. The number of carbonyl (C=O) groups excluding carboxylic acids is 4. The molecule has 0 aromatic heterocycles. The quantitative estimate of drug-likeness (QED) is 0.0236. The van der Waals surface area contributed by atoms with Crippen molar-refractivity contribution in [3.8, 4) is 17.2 Å². The van der Waals surface area contributed by atoms with Gasteiger partial charge in [-0.25, -0.2) is 14.4 Å². The molecule has 3 amide bonds. The number of cyclic esters (lactones) is 3. The van der Waals surface area contributed by atoms with Crippen LogP contribution in [-0.2, 0) is 66.8 Å². The van der Waals surface area contributed by atoms with E-state index in [9.17, 15) is 50.6 Å². The predicted molar refractivity (Wildman–Crippen MR) is 350 cm³/mol. The molecular formula is C68H76BrCl3CuF6MgN3O13Pd. The number of rotatable bonds is 21. The Kier molecular flexibility index (Phi) is 40.4. The Balaban J connectivity index is 0.000000684. The van der Waals surface area contributed by atoms with Crippen molar-refractivity contribution in [2.24, 2.45) is 0 Å². The van der Waals surface area contributed by atoms with E-state index in [4.69, 9.17) is 43.2 Å². The van der Waals surface area contributed by atoms with Crippen molar-refractivity contribution in [2.75, 3.05) is 19.6 Å². The first-order valence-corrected chi connectivity index (χ1v) is 34.3. The molecule has 97 heavy (non-hydrogen) atoms. The van der Waals surface area contributed by atoms with E-state index in [1.165, 1.54) is 43.3 Å². The van der Waals surface area contributed by atoms with Gasteiger partial charge in [0.2, 0.25) is 0 Å². The number of nitrogens with zero attached hydrogens (tertiary/aromatic N) is 3. The monoisotopic (exact) mass is 1630 g/mol. The van der Waals surface area contributed by atoms with Crippen LogP contribution in [0.5, 0.6) is 17.2 Å². The maximum Gasteiger partial charge on any atom is 2.00 e. The number of aliphatic hydroxyl groups is 1. The van der Waals surface area contributed by atoms with Gasteiger partial charge in [-0.15, -0.1) is 6.58 Å². The molecule has 6 aromatic rings. The number of hydrogen-bond donors (Lipinski definition) is 1. The first kappa shape index (κ1) is 89.4. The Morgan fingerprint density at radius 2 is 0.825 bits per heavy atom. The summed E-state index contributed by atoms with van der Waals surface area (Å²) < 4.78 is 105. The number of alkyl halides is 6. The summed E-state index contributed by atoms with van der Waals surface area (Å²) in [5.41, 5.74) is 1.32. The van der Waals surface area contributed by atoms with Gasteiger partial charge in [-0.3, -0.25) is 4.79 Å². The van der Waals surface area contributed by atoms with Crippen molar-refractivity contribution in [1.29, 1.82) is 0 Å². The van der Waals surface area contributed by atoms with Crippen LogP contribution in [-0.4, -0.2) is 112 Å². The van der Waals surface area contributed by atoms with Gasteiger partial charge in [-0.1, -0.05) is 133 Å². The summed E-state index contributed by atoms with van der Waals surface area (Å²) in [5.74, 6) is 0.149. The Bertz CT molecular complexity index is 3290. The van der Waals surface area contributed by atoms with Crippen LogP contribution in [0, 0.1) is 17.4 Å². The van der Waals surface area contributed by atoms with E-state index in [1.807, 2.05) is 112 Å². The molecule has 3 heterocycles. The minimum absolute atomic E-state index is 0. The van der Waals surface area contributed by atoms with Gasteiger partial charge >= 0.3 is 121 Å². The summed E-state index contributed by atoms with van der Waals surface area (Å²) in [5, 5.41) is 10.5. The first-order valence-electron chi connectivity index (χ1n) is 29.0. The Morgan fingerprint density at radius 3 is 1.09 bits per heavy atom. The van der Waals surface area contributed by atoms with Crippen LogP contribution in [0.1, 0.15) is 132 Å². The van der Waals surface area contributed by atoms with E-state index >= 15 is 0 Å². The van der Waals surface area contributed by atoms with Crippen molar-refractivity contribution in [3.05, 3.63) is 227 Å². The molecule has 16 nitrogen and oxygen atoms in total. The van der Waals surface area contributed by atoms with E-state index in [0.29, 0.717) is 45.3 Å². The fraction of sp³-hybridized carbons (Fsp3) is 0.368. The van der Waals surface area contributed by atoms with E-state index in [1.54, 1.807) is 71.0 Å². The summed E-state index contributed by atoms with van der Waals surface area (Å²) >= 11 is 3.55. The summed E-state index contributed by atoms with van der Waals surface area (Å²) in [6.45, 7) is 6.98. The van der Waals surface area contributed by atoms with Crippen LogP contribution < -0.4 is 31.2 Å². The third-order valence-electron chi connectivity index (χ3n) is 15.6. The number of ketones is 1. The van der Waals surface area contributed by atoms with Gasteiger partial charge in [0, 0.05) is 61.7 Å². The third-order valence-corrected chi connectivity index (χ3v) is 15.6. The summed E-state index contributed by atoms with van der Waals surface area (Å²) in [4.78, 5) is 69.4. The Hall–Kier alpha value is -5.62. The van der Waals surface area contributed by atoms with Gasteiger partial charge in [-0.2, -0.15) is 26.3 Å². The molecule has 3 aliphatic rings. The van der Waals surface area contributed by atoms with E-state index in [2.05, 4.69) is 46.0 Å². The second-order valence-corrected chi connectivity index (χ2v) is 24.7. The number of halogens is 10. The molecule has 0 bridgehead atoms. The molecule has 0 spiro atoms.